The van der Waals surface area contributed by atoms with Gasteiger partial charge < -0.3 is 5.73 Å². The molecule has 18 heavy (non-hydrogen) atoms. The number of hydrogen-bond acceptors (Lipinski definition) is 3. The molecule has 1 fully saturated rings. The van der Waals surface area contributed by atoms with E-state index in [0.29, 0.717) is 11.0 Å². The summed E-state index contributed by atoms with van der Waals surface area (Å²) in [6, 6.07) is 0. The number of carbonyl (C=O) groups is 1. The molecule has 1 unspecified atom stereocenters. The fraction of sp³-hybridized carbons (Fsp3) is 0.933. The van der Waals surface area contributed by atoms with E-state index in [2.05, 4.69) is 0 Å². The highest BCUT2D eigenvalue weighted by molar-refractivity contribution is 8.14. The van der Waals surface area contributed by atoms with Crippen molar-refractivity contribution in [3.8, 4) is 0 Å². The Hall–Kier alpha value is -0.0200. The third kappa shape index (κ3) is 7.42. The molecular weight excluding hydrogens is 242 g/mol. The largest absolute Gasteiger partial charge is 0.330 e. The number of rotatable bonds is 11. The Morgan fingerprint density at radius 1 is 0.944 bits per heavy atom. The average Bonchev–Trinajstić information content (AvgIpc) is 2.77. The van der Waals surface area contributed by atoms with Crippen molar-refractivity contribution in [3.63, 3.8) is 0 Å². The van der Waals surface area contributed by atoms with Crippen molar-refractivity contribution < 1.29 is 4.79 Å². The molecule has 0 aromatic carbocycles. The second-order valence-corrected chi connectivity index (χ2v) is 6.51. The van der Waals surface area contributed by atoms with Gasteiger partial charge in [0.25, 0.3) is 0 Å². The fourth-order valence-electron chi connectivity index (χ4n) is 2.57. The first-order chi connectivity index (χ1) is 8.84. The van der Waals surface area contributed by atoms with Gasteiger partial charge in [0.2, 0.25) is 0 Å². The topological polar surface area (TPSA) is 43.1 Å². The molecule has 1 saturated heterocycles. The minimum absolute atomic E-state index is 0.395. The minimum Gasteiger partial charge on any atom is -0.330 e. The van der Waals surface area contributed by atoms with Gasteiger partial charge in [0, 0.05) is 11.7 Å². The smallest absolute Gasteiger partial charge is 0.192 e. The normalized spacial score (nSPS) is 19.6. The molecule has 0 aliphatic carbocycles. The Morgan fingerprint density at radius 3 is 2.00 bits per heavy atom. The second kappa shape index (κ2) is 10.9. The van der Waals surface area contributed by atoms with Crippen molar-refractivity contribution >= 4 is 16.9 Å². The van der Waals surface area contributed by atoms with E-state index in [-0.39, 0.29) is 0 Å². The first kappa shape index (κ1) is 16.0. The molecule has 2 N–H and O–H groups in total. The van der Waals surface area contributed by atoms with Gasteiger partial charge in [-0.25, -0.2) is 0 Å². The van der Waals surface area contributed by atoms with Gasteiger partial charge in [0.1, 0.15) is 0 Å². The van der Waals surface area contributed by atoms with E-state index in [1.807, 2.05) is 0 Å². The molecule has 0 spiro atoms. The molecule has 1 aliphatic heterocycles. The summed E-state index contributed by atoms with van der Waals surface area (Å²) in [5.74, 6) is 1.46. The van der Waals surface area contributed by atoms with Gasteiger partial charge in [-0.3, -0.25) is 4.79 Å². The molecule has 1 aliphatic rings. The summed E-state index contributed by atoms with van der Waals surface area (Å²) in [6.07, 6.45) is 14.2. The van der Waals surface area contributed by atoms with Crippen molar-refractivity contribution in [2.75, 3.05) is 12.3 Å². The Kier molecular flexibility index (Phi) is 9.68. The maximum absolute atomic E-state index is 11.4. The molecule has 1 heterocycles. The van der Waals surface area contributed by atoms with Crippen LogP contribution >= 0.6 is 11.8 Å². The summed E-state index contributed by atoms with van der Waals surface area (Å²) in [5, 5.41) is 0.454. The zero-order valence-electron chi connectivity index (χ0n) is 11.7. The van der Waals surface area contributed by atoms with Crippen LogP contribution in [0.15, 0.2) is 0 Å². The maximum atomic E-state index is 11.4. The van der Waals surface area contributed by atoms with E-state index in [1.54, 1.807) is 0 Å². The molecule has 1 atom stereocenters. The first-order valence-electron chi connectivity index (χ1n) is 7.71. The van der Waals surface area contributed by atoms with Crippen LogP contribution in [0.3, 0.4) is 0 Å². The third-order valence-corrected chi connectivity index (χ3v) is 4.86. The number of hydrogen-bond donors (Lipinski definition) is 1. The van der Waals surface area contributed by atoms with Gasteiger partial charge in [-0.05, 0) is 25.8 Å². The van der Waals surface area contributed by atoms with Gasteiger partial charge >= 0.3 is 0 Å². The Labute approximate surface area is 116 Å². The molecule has 1 rings (SSSR count). The number of carbonyl (C=O) groups excluding carboxylic acids is 1. The lowest BCUT2D eigenvalue weighted by Crippen LogP contribution is -2.03. The van der Waals surface area contributed by atoms with Gasteiger partial charge in [-0.2, -0.15) is 0 Å². The SMILES string of the molecule is NCCCCCCCCCCCC1CCSC1=O. The minimum atomic E-state index is 0.395. The molecule has 0 bridgehead atoms. The molecule has 0 saturated carbocycles. The van der Waals surface area contributed by atoms with Crippen LogP contribution in [0.4, 0.5) is 0 Å². The summed E-state index contributed by atoms with van der Waals surface area (Å²) in [5.41, 5.74) is 5.46. The number of thioether (sulfide) groups is 1. The fourth-order valence-corrected chi connectivity index (χ4v) is 3.65. The summed E-state index contributed by atoms with van der Waals surface area (Å²) < 4.78 is 0. The standard InChI is InChI=1S/C15H29NOS/c16-12-9-7-5-3-1-2-4-6-8-10-14-11-13-18-15(14)17/h14H,1-13,16H2. The van der Waals surface area contributed by atoms with Crippen LogP contribution < -0.4 is 5.73 Å². The molecule has 0 amide bonds. The van der Waals surface area contributed by atoms with E-state index < -0.39 is 0 Å². The third-order valence-electron chi connectivity index (χ3n) is 3.80. The molecule has 0 aromatic heterocycles. The van der Waals surface area contributed by atoms with Gasteiger partial charge in [0.05, 0.1) is 0 Å². The zero-order chi connectivity index (χ0) is 13.1. The molecular formula is C15H29NOS. The highest BCUT2D eigenvalue weighted by atomic mass is 32.2. The molecule has 106 valence electrons. The highest BCUT2D eigenvalue weighted by Gasteiger charge is 2.24. The first-order valence-corrected chi connectivity index (χ1v) is 8.70. The molecule has 2 nitrogen and oxygen atoms in total. The number of unbranched alkanes of at least 4 members (excludes halogenated alkanes) is 8. The van der Waals surface area contributed by atoms with E-state index in [0.717, 1.165) is 25.1 Å². The van der Waals surface area contributed by atoms with Crippen LogP contribution in [-0.2, 0) is 4.79 Å². The van der Waals surface area contributed by atoms with Crippen molar-refractivity contribution in [1.29, 1.82) is 0 Å². The predicted molar refractivity (Wildman–Crippen MR) is 80.8 cm³/mol. The van der Waals surface area contributed by atoms with E-state index in [9.17, 15) is 4.79 Å². The van der Waals surface area contributed by atoms with Gasteiger partial charge in [-0.1, -0.05) is 63.1 Å². The highest BCUT2D eigenvalue weighted by Crippen LogP contribution is 2.29. The van der Waals surface area contributed by atoms with Crippen molar-refractivity contribution in [2.24, 2.45) is 11.7 Å². The van der Waals surface area contributed by atoms with Crippen molar-refractivity contribution in [2.45, 2.75) is 70.6 Å². The van der Waals surface area contributed by atoms with Crippen LogP contribution in [0.5, 0.6) is 0 Å². The second-order valence-electron chi connectivity index (χ2n) is 5.41. The summed E-state index contributed by atoms with van der Waals surface area (Å²) in [6.45, 7) is 0.845. The van der Waals surface area contributed by atoms with Crippen LogP contribution in [0, 0.1) is 5.92 Å². The van der Waals surface area contributed by atoms with Crippen molar-refractivity contribution in [1.82, 2.24) is 0 Å². The van der Waals surface area contributed by atoms with Gasteiger partial charge in [-0.15, -0.1) is 0 Å². The van der Waals surface area contributed by atoms with Crippen LogP contribution in [0.2, 0.25) is 0 Å². The van der Waals surface area contributed by atoms with Crippen LogP contribution in [-0.4, -0.2) is 17.4 Å². The van der Waals surface area contributed by atoms with E-state index in [4.69, 9.17) is 5.73 Å². The van der Waals surface area contributed by atoms with Gasteiger partial charge in [0.15, 0.2) is 5.12 Å². The predicted octanol–water partition coefficient (Wildman–Crippen LogP) is 4.13. The lowest BCUT2D eigenvalue weighted by molar-refractivity contribution is -0.114. The Bertz CT molecular complexity index is 221. The molecule has 0 aromatic rings. The number of nitrogens with two attached hydrogens (primary N) is 1. The Balaban J connectivity index is 1.77. The maximum Gasteiger partial charge on any atom is 0.192 e. The van der Waals surface area contributed by atoms with Crippen LogP contribution in [0.25, 0.3) is 0 Å². The summed E-state index contributed by atoms with van der Waals surface area (Å²) >= 11 is 1.54. The monoisotopic (exact) mass is 271 g/mol. The lowest BCUT2D eigenvalue weighted by Gasteiger charge is -2.06. The molecule has 3 heteroatoms. The average molecular weight is 271 g/mol. The quantitative estimate of drug-likeness (QED) is 0.575. The van der Waals surface area contributed by atoms with E-state index >= 15 is 0 Å². The molecule has 0 radical (unpaired) electrons. The lowest BCUT2D eigenvalue weighted by atomic mass is 9.99. The zero-order valence-corrected chi connectivity index (χ0v) is 12.5. The van der Waals surface area contributed by atoms with E-state index in [1.165, 1.54) is 69.5 Å². The Morgan fingerprint density at radius 2 is 1.50 bits per heavy atom. The summed E-state index contributed by atoms with van der Waals surface area (Å²) in [4.78, 5) is 11.4. The van der Waals surface area contributed by atoms with Crippen LogP contribution in [0.1, 0.15) is 70.6 Å². The van der Waals surface area contributed by atoms with Crippen molar-refractivity contribution in [3.05, 3.63) is 0 Å². The summed E-state index contributed by atoms with van der Waals surface area (Å²) in [7, 11) is 0.